The van der Waals surface area contributed by atoms with E-state index in [1.807, 2.05) is 0 Å². The molecular formula is C3H5N2O+. The summed E-state index contributed by atoms with van der Waals surface area (Å²) in [5.74, 6) is 0.551. The molecule has 0 aliphatic heterocycles. The highest BCUT2D eigenvalue weighted by atomic mass is 16.3. The number of nitrogen functional groups attached to an aromatic ring is 1. The van der Waals surface area contributed by atoms with Gasteiger partial charge in [0.25, 0.3) is 0 Å². The normalized spacial score (nSPS) is 8.67. The van der Waals surface area contributed by atoms with Gasteiger partial charge in [-0.05, 0) is 0 Å². The van der Waals surface area contributed by atoms with E-state index in [-0.39, 0.29) is 0 Å². The third kappa shape index (κ3) is 0.337. The molecule has 0 atom stereocenters. The Morgan fingerprint density at radius 1 is 1.83 bits per heavy atom. The molecule has 0 radical (unpaired) electrons. The lowest BCUT2D eigenvalue weighted by Crippen LogP contribution is -2.01. The van der Waals surface area contributed by atoms with Gasteiger partial charge < -0.3 is 4.42 Å². The molecule has 0 aliphatic carbocycles. The van der Waals surface area contributed by atoms with Crippen molar-refractivity contribution < 1.29 is 9.40 Å². The van der Waals surface area contributed by atoms with Crippen molar-refractivity contribution in [1.82, 2.24) is 0 Å². The molecule has 3 nitrogen and oxygen atoms in total. The monoisotopic (exact) mass is 85.0 g/mol. The minimum Gasteiger partial charge on any atom is -0.428 e. The number of rotatable bonds is 0. The minimum atomic E-state index is 0.551. The van der Waals surface area contributed by atoms with Crippen molar-refractivity contribution in [1.29, 1.82) is 0 Å². The fraction of sp³-hybridized carbons (Fsp3) is 0. The molecule has 6 heavy (non-hydrogen) atoms. The summed E-state index contributed by atoms with van der Waals surface area (Å²) in [6.45, 7) is 0. The Balaban J connectivity index is 3.05. The number of aromatic amines is 1. The molecule has 0 saturated carbocycles. The lowest BCUT2D eigenvalue weighted by molar-refractivity contribution is -0.367. The van der Waals surface area contributed by atoms with Crippen LogP contribution in [-0.4, -0.2) is 0 Å². The fourth-order valence-electron chi connectivity index (χ4n) is 0.243. The molecule has 1 aromatic rings. The molecule has 3 heteroatoms. The van der Waals surface area contributed by atoms with Crippen LogP contribution in [0, 0.1) is 0 Å². The van der Waals surface area contributed by atoms with Crippen LogP contribution >= 0.6 is 0 Å². The van der Waals surface area contributed by atoms with Gasteiger partial charge in [-0.2, -0.15) is 0 Å². The van der Waals surface area contributed by atoms with E-state index in [0.717, 1.165) is 0 Å². The van der Waals surface area contributed by atoms with Crippen LogP contribution in [0.4, 0.5) is 5.82 Å². The molecule has 0 saturated heterocycles. The summed E-state index contributed by atoms with van der Waals surface area (Å²) in [5, 5.41) is 0. The molecule has 0 fully saturated rings. The van der Waals surface area contributed by atoms with Crippen molar-refractivity contribution >= 4 is 5.82 Å². The van der Waals surface area contributed by atoms with Crippen LogP contribution in [0.5, 0.6) is 0 Å². The maximum atomic E-state index is 5.13. The van der Waals surface area contributed by atoms with Gasteiger partial charge in [-0.1, -0.05) is 0 Å². The molecule has 1 rings (SSSR count). The Morgan fingerprint density at radius 2 is 2.67 bits per heavy atom. The van der Waals surface area contributed by atoms with Crippen molar-refractivity contribution in [3.63, 3.8) is 0 Å². The zero-order valence-corrected chi connectivity index (χ0v) is 3.14. The molecule has 0 bridgehead atoms. The molecule has 0 spiro atoms. The Bertz CT molecular complexity index is 112. The summed E-state index contributed by atoms with van der Waals surface area (Å²) in [6.07, 6.45) is 2.84. The quantitative estimate of drug-likeness (QED) is 0.469. The number of aromatic nitrogens is 1. The fourth-order valence-corrected chi connectivity index (χ4v) is 0.243. The lowest BCUT2D eigenvalue weighted by Gasteiger charge is -1.56. The maximum absolute atomic E-state index is 5.13. The number of hydrogen-bond donors (Lipinski definition) is 1. The number of nitrogens with one attached hydrogen (secondary N) is 1. The third-order valence-corrected chi connectivity index (χ3v) is 0.489. The standard InChI is InChI=1S/C3H4N2O/c4-3-1-6-2-5-3/h1-2H,4H2/p+1. The molecule has 32 valence electrons. The van der Waals surface area contributed by atoms with Crippen molar-refractivity contribution in [3.05, 3.63) is 12.7 Å². The van der Waals surface area contributed by atoms with Crippen molar-refractivity contribution in [2.45, 2.75) is 0 Å². The van der Waals surface area contributed by atoms with E-state index in [2.05, 4.69) is 9.40 Å². The topological polar surface area (TPSA) is 53.3 Å². The summed E-state index contributed by atoms with van der Waals surface area (Å²) in [6, 6.07) is 0. The van der Waals surface area contributed by atoms with Gasteiger partial charge in [0, 0.05) is 0 Å². The van der Waals surface area contributed by atoms with Crippen LogP contribution < -0.4 is 10.7 Å². The van der Waals surface area contributed by atoms with Gasteiger partial charge in [0.1, 0.15) is 0 Å². The van der Waals surface area contributed by atoms with Gasteiger partial charge in [0.2, 0.25) is 6.39 Å². The highest BCUT2D eigenvalue weighted by Crippen LogP contribution is 1.83. The molecular weight excluding hydrogens is 80.0 g/mol. The average molecular weight is 85.1 g/mol. The van der Waals surface area contributed by atoms with Gasteiger partial charge in [-0.3, -0.25) is 5.73 Å². The van der Waals surface area contributed by atoms with Crippen LogP contribution in [0.15, 0.2) is 17.1 Å². The summed E-state index contributed by atoms with van der Waals surface area (Å²) in [5.41, 5.74) is 5.13. The highest BCUT2D eigenvalue weighted by molar-refractivity contribution is 5.10. The third-order valence-electron chi connectivity index (χ3n) is 0.489. The Kier molecular flexibility index (Phi) is 0.538. The predicted molar refractivity (Wildman–Crippen MR) is 19.7 cm³/mol. The lowest BCUT2D eigenvalue weighted by atomic mass is 10.8. The van der Waals surface area contributed by atoms with Crippen LogP contribution in [0.1, 0.15) is 0 Å². The SMILES string of the molecule is Nc1coc[nH+]1. The summed E-state index contributed by atoms with van der Waals surface area (Å²) < 4.78 is 4.53. The molecule has 0 aromatic carbocycles. The Labute approximate surface area is 34.8 Å². The smallest absolute Gasteiger partial charge is 0.308 e. The van der Waals surface area contributed by atoms with Crippen molar-refractivity contribution in [2.75, 3.05) is 5.73 Å². The molecule has 0 aliphatic rings. The van der Waals surface area contributed by atoms with Gasteiger partial charge in [-0.25, -0.2) is 4.98 Å². The number of H-pyrrole nitrogens is 1. The summed E-state index contributed by atoms with van der Waals surface area (Å²) in [7, 11) is 0. The van der Waals surface area contributed by atoms with Crippen molar-refractivity contribution in [2.24, 2.45) is 0 Å². The number of hydrogen-bond acceptors (Lipinski definition) is 2. The van der Waals surface area contributed by atoms with Crippen LogP contribution in [0.25, 0.3) is 0 Å². The van der Waals surface area contributed by atoms with E-state index in [4.69, 9.17) is 5.73 Å². The van der Waals surface area contributed by atoms with Gasteiger partial charge in [-0.15, -0.1) is 0 Å². The first-order valence-electron chi connectivity index (χ1n) is 1.59. The van der Waals surface area contributed by atoms with Crippen LogP contribution in [0.3, 0.4) is 0 Å². The minimum absolute atomic E-state index is 0.551. The maximum Gasteiger partial charge on any atom is 0.308 e. The molecule has 1 heterocycles. The first-order valence-corrected chi connectivity index (χ1v) is 1.59. The van der Waals surface area contributed by atoms with Crippen LogP contribution in [-0.2, 0) is 0 Å². The largest absolute Gasteiger partial charge is 0.428 e. The molecule has 3 N–H and O–H groups in total. The molecule has 1 aromatic heterocycles. The van der Waals surface area contributed by atoms with Gasteiger partial charge in [0.05, 0.1) is 0 Å². The van der Waals surface area contributed by atoms with E-state index in [0.29, 0.717) is 5.82 Å². The second kappa shape index (κ2) is 1.01. The first-order chi connectivity index (χ1) is 2.89. The zero-order valence-electron chi connectivity index (χ0n) is 3.14. The first kappa shape index (κ1) is 3.21. The van der Waals surface area contributed by atoms with E-state index >= 15 is 0 Å². The number of oxazole rings is 1. The number of nitrogens with two attached hydrogens (primary N) is 1. The van der Waals surface area contributed by atoms with E-state index in [9.17, 15) is 0 Å². The van der Waals surface area contributed by atoms with Gasteiger partial charge >= 0.3 is 5.82 Å². The Hall–Kier alpha value is -0.990. The Morgan fingerprint density at radius 3 is 2.83 bits per heavy atom. The predicted octanol–water partition coefficient (Wildman–Crippen LogP) is -0.324. The average Bonchev–Trinajstić information content (AvgIpc) is 1.86. The second-order valence-electron chi connectivity index (χ2n) is 0.971. The van der Waals surface area contributed by atoms with Gasteiger partial charge in [0.15, 0.2) is 6.26 Å². The van der Waals surface area contributed by atoms with Crippen LogP contribution in [0.2, 0.25) is 0 Å². The summed E-state index contributed by atoms with van der Waals surface area (Å²) in [4.78, 5) is 2.61. The molecule has 0 unspecified atom stereocenters. The zero-order chi connectivity index (χ0) is 4.41. The van der Waals surface area contributed by atoms with E-state index in [1.54, 1.807) is 0 Å². The molecule has 0 amide bonds. The second-order valence-corrected chi connectivity index (χ2v) is 0.971. The van der Waals surface area contributed by atoms with Crippen molar-refractivity contribution in [3.8, 4) is 0 Å². The van der Waals surface area contributed by atoms with E-state index < -0.39 is 0 Å². The summed E-state index contributed by atoms with van der Waals surface area (Å²) >= 11 is 0. The van der Waals surface area contributed by atoms with E-state index in [1.165, 1.54) is 12.7 Å². The highest BCUT2D eigenvalue weighted by Gasteiger charge is 1.85. The number of anilines is 1.